The number of nitrogens with zero attached hydrogens (tertiary/aromatic N) is 15. The molecular formula is C108H73F6N17O11. The van der Waals surface area contributed by atoms with Crippen LogP contribution in [0.2, 0.25) is 0 Å². The maximum absolute atomic E-state index is 12.8. The largest absolute Gasteiger partial charge is 0.508 e. The molecule has 0 aliphatic rings. The van der Waals surface area contributed by atoms with Gasteiger partial charge in [-0.15, -0.1) is 0 Å². The van der Waals surface area contributed by atoms with Gasteiger partial charge in [0.25, 0.3) is 0 Å². The van der Waals surface area contributed by atoms with Crippen LogP contribution >= 0.6 is 0 Å². The summed E-state index contributed by atoms with van der Waals surface area (Å²) in [5.74, 6) is -1.55. The molecule has 142 heavy (non-hydrogen) atoms. The van der Waals surface area contributed by atoms with Crippen LogP contribution in [0.5, 0.6) is 40.2 Å². The molecule has 21 rings (SSSR count). The van der Waals surface area contributed by atoms with E-state index >= 15 is 0 Å². The lowest BCUT2D eigenvalue weighted by Crippen LogP contribution is -2.04. The molecule has 698 valence electrons. The molecular weight excluding hydrogens is 1830 g/mol. The number of benzene rings is 13. The van der Waals surface area contributed by atoms with Gasteiger partial charge in [-0.1, -0.05) is 84.9 Å². The van der Waals surface area contributed by atoms with Crippen molar-refractivity contribution in [3.8, 4) is 118 Å². The Morgan fingerprint density at radius 2 is 0.697 bits per heavy atom. The summed E-state index contributed by atoms with van der Waals surface area (Å²) >= 11 is 0. The first-order valence-electron chi connectivity index (χ1n) is 42.4. The average Bonchev–Trinajstić information content (AvgIpc) is 1.63. The average molecular weight is 1900 g/mol. The van der Waals surface area contributed by atoms with E-state index in [0.717, 1.165) is 117 Å². The van der Waals surface area contributed by atoms with Gasteiger partial charge >= 0.3 is 24.1 Å². The van der Waals surface area contributed by atoms with Crippen molar-refractivity contribution in [3.63, 3.8) is 0 Å². The van der Waals surface area contributed by atoms with Gasteiger partial charge in [0.1, 0.15) is 73.6 Å². The number of fused-ring (bicyclic) bond motifs is 7. The van der Waals surface area contributed by atoms with E-state index in [4.69, 9.17) is 63.7 Å². The third kappa shape index (κ3) is 20.8. The number of imidazole rings is 2. The highest BCUT2D eigenvalue weighted by Gasteiger charge is 2.39. The van der Waals surface area contributed by atoms with Crippen LogP contribution in [-0.4, -0.2) is 85.2 Å². The van der Waals surface area contributed by atoms with Gasteiger partial charge < -0.3 is 62.8 Å². The molecule has 0 aliphatic carbocycles. The number of phenols is 7. The van der Waals surface area contributed by atoms with Gasteiger partial charge in [0, 0.05) is 57.5 Å². The molecule has 8 heterocycles. The third-order valence-electron chi connectivity index (χ3n) is 22.6. The van der Waals surface area contributed by atoms with Crippen LogP contribution in [0.4, 0.5) is 66.2 Å². The summed E-state index contributed by atoms with van der Waals surface area (Å²) in [5, 5.41) is 76.9. The number of hydrogen-bond acceptors (Lipinski definition) is 18. The summed E-state index contributed by atoms with van der Waals surface area (Å²) in [5.41, 5.74) is 24.4. The minimum atomic E-state index is -4.72. The molecule has 0 bridgehead atoms. The van der Waals surface area contributed by atoms with E-state index in [1.54, 1.807) is 136 Å². The normalized spacial score (nSPS) is 10.9. The highest BCUT2D eigenvalue weighted by atomic mass is 19.4. The SMILES string of the molecule is [C-]#[N+]c1cc(-c2ccc(C)c(O)c2)c2n[nH]c(C)c2c1.[C-]#[N+]c1cc(-c2ccc(C)c(O)c2)c2nc(C(F)(F)F)oc2c1.[C-]#[N+]c1cc(-c2ccc(C)c(O)c2)c2nc[nH]c2c1.[C-]#[N+]c1cc(-c2ccc(C)c(O)c2)c2nccn2c1.[C-]#[N+]c1cc(-c2ccc(C)c(O)c2)c2ncoc2c1.[C-]#[N+]c1cc(-c2ccc(C)c(O)c2)c2oc(C(F)(F)F)nc2c1.[C-]#[N+]c1cc(-c2ccc(C)c(O)c2)c2ocnc2c1. The van der Waals surface area contributed by atoms with E-state index in [-0.39, 0.29) is 79.4 Å². The monoisotopic (exact) mass is 1900 g/mol. The summed E-state index contributed by atoms with van der Waals surface area (Å²) in [6.07, 6.45) is 0.130. The van der Waals surface area contributed by atoms with Gasteiger partial charge in [-0.2, -0.15) is 31.4 Å². The number of aromatic nitrogens is 10. The van der Waals surface area contributed by atoms with E-state index in [9.17, 15) is 62.1 Å². The van der Waals surface area contributed by atoms with E-state index < -0.39 is 24.1 Å². The number of hydrogen-bond donors (Lipinski definition) is 9. The van der Waals surface area contributed by atoms with E-state index in [1.165, 1.54) is 49.2 Å². The van der Waals surface area contributed by atoms with Crippen molar-refractivity contribution in [2.45, 2.75) is 67.7 Å². The molecule has 8 aromatic heterocycles. The van der Waals surface area contributed by atoms with Crippen molar-refractivity contribution < 1.29 is 79.8 Å². The van der Waals surface area contributed by atoms with Gasteiger partial charge in [-0.3, -0.25) is 5.10 Å². The third-order valence-corrected chi connectivity index (χ3v) is 22.6. The highest BCUT2D eigenvalue weighted by molar-refractivity contribution is 6.01. The number of alkyl halides is 6. The molecule has 0 unspecified atom stereocenters. The molecule has 0 amide bonds. The van der Waals surface area contributed by atoms with Gasteiger partial charge in [-0.25, -0.2) is 63.8 Å². The fraction of sp³-hybridized carbons (Fsp3) is 0.0926. The Kier molecular flexibility index (Phi) is 27.4. The second kappa shape index (κ2) is 40.3. The Labute approximate surface area is 802 Å². The van der Waals surface area contributed by atoms with Crippen LogP contribution in [0, 0.1) is 101 Å². The zero-order valence-corrected chi connectivity index (χ0v) is 75.8. The first kappa shape index (κ1) is 96.6. The van der Waals surface area contributed by atoms with Crippen molar-refractivity contribution in [2.75, 3.05) is 0 Å². The van der Waals surface area contributed by atoms with Crippen LogP contribution in [-0.2, 0) is 12.4 Å². The van der Waals surface area contributed by atoms with Crippen molar-refractivity contribution in [1.82, 2.24) is 49.5 Å². The summed E-state index contributed by atoms with van der Waals surface area (Å²) in [7, 11) is 0. The van der Waals surface area contributed by atoms with Gasteiger partial charge in [0.2, 0.25) is 5.69 Å². The maximum atomic E-state index is 12.8. The van der Waals surface area contributed by atoms with Crippen LogP contribution < -0.4 is 0 Å². The topological polar surface area (TPSA) is 351 Å². The lowest BCUT2D eigenvalue weighted by atomic mass is 10.00. The van der Waals surface area contributed by atoms with Crippen LogP contribution in [0.15, 0.2) is 262 Å². The van der Waals surface area contributed by atoms with Crippen molar-refractivity contribution in [2.24, 2.45) is 0 Å². The van der Waals surface area contributed by atoms with Crippen LogP contribution in [0.1, 0.15) is 56.4 Å². The molecule has 0 radical (unpaired) electrons. The van der Waals surface area contributed by atoms with Crippen molar-refractivity contribution in [1.29, 1.82) is 0 Å². The molecule has 0 aliphatic heterocycles. The predicted octanol–water partition coefficient (Wildman–Crippen LogP) is 29.7. The standard InChI is InChI=1S/2C16H9F3N2O2.C16H13N3O.2C15H11N3O.2C15H10N2O2/c1-8-3-4-9(5-13(8)22)11-6-10(20-2)7-12-14(11)23-15(21-12)16(17,18)19;1-8-3-4-9(5-12(8)22)11-6-10(20-2)7-13-14(11)21-15(23-13)16(17,18)19;1-9-4-5-11(6-15(9)20)14-8-12(17-3)7-13-10(2)18-19-16(13)14;1-9-3-4-10(5-14(9)19)12-6-11(16-2)7-13-15(12)18-8-17-13;1-10-3-4-11(7-14(10)19)13-8-12(16-2)9-18-6-5-17-15(13)18;1-9-3-4-10(5-14(9)18)12-6-11(16-2)7-13-15(12)19-8-17-13;1-9-3-4-10(5-13(9)18)12-6-11(16-2)7-14-15(12)17-8-19-14/h2*3-7,22H,1H3;4-8,20H,1-2H3,(H,18,19);3-8,19H,1H3,(H,17,18);3-9,19H,1H3;2*3-8,18H,1H3. The predicted molar refractivity (Wildman–Crippen MR) is 525 cm³/mol. The summed E-state index contributed by atoms with van der Waals surface area (Å²) in [6, 6.07) is 57.7. The highest BCUT2D eigenvalue weighted by Crippen LogP contribution is 2.46. The number of rotatable bonds is 7. The number of aromatic amines is 2. The Balaban J connectivity index is 0.000000125. The molecule has 28 nitrogen and oxygen atoms in total. The van der Waals surface area contributed by atoms with Crippen LogP contribution in [0.3, 0.4) is 0 Å². The molecule has 0 spiro atoms. The lowest BCUT2D eigenvalue weighted by Gasteiger charge is -2.07. The number of pyridine rings is 1. The summed E-state index contributed by atoms with van der Waals surface area (Å²) in [4.78, 5) is 50.6. The smallest absolute Gasteiger partial charge is 0.468 e. The molecule has 0 saturated carbocycles. The van der Waals surface area contributed by atoms with E-state index in [2.05, 4.69) is 79.0 Å². The van der Waals surface area contributed by atoms with E-state index in [0.29, 0.717) is 78.5 Å². The molecule has 9 N–H and O–H groups in total. The van der Waals surface area contributed by atoms with Crippen LogP contribution in [0.25, 0.3) is 184 Å². The molecule has 0 saturated heterocycles. The maximum Gasteiger partial charge on any atom is 0.468 e. The molecule has 34 heteroatoms. The van der Waals surface area contributed by atoms with Gasteiger partial charge in [-0.05, 0) is 266 Å². The number of aromatic hydroxyl groups is 7. The van der Waals surface area contributed by atoms with Gasteiger partial charge in [0.15, 0.2) is 58.1 Å². The molecule has 0 fully saturated rings. The quantitative estimate of drug-likeness (QED) is 0.0529. The summed E-state index contributed by atoms with van der Waals surface area (Å²) < 4.78 is 98.9. The number of oxazole rings is 4. The number of aryl methyl sites for hydroxylation is 8. The number of halogens is 6. The Bertz CT molecular complexity index is 8160. The summed E-state index contributed by atoms with van der Waals surface area (Å²) in [6.45, 7) is 64.5. The lowest BCUT2D eigenvalue weighted by molar-refractivity contribution is -0.156. The second-order valence-corrected chi connectivity index (χ2v) is 32.2. The van der Waals surface area contributed by atoms with E-state index in [1.807, 2.05) is 119 Å². The zero-order chi connectivity index (χ0) is 101. The van der Waals surface area contributed by atoms with Gasteiger partial charge in [0.05, 0.1) is 74.4 Å². The molecule has 21 aromatic rings. The number of H-pyrrole nitrogens is 2. The number of nitrogens with one attached hydrogen (secondary N) is 2. The number of phenolic OH excluding ortho intramolecular Hbond substituents is 7. The zero-order valence-electron chi connectivity index (χ0n) is 75.8. The minimum Gasteiger partial charge on any atom is -0.508 e. The Morgan fingerprint density at radius 1 is 0.331 bits per heavy atom. The fourth-order valence-corrected chi connectivity index (χ4v) is 14.9. The molecule has 0 atom stereocenters. The first-order valence-corrected chi connectivity index (χ1v) is 42.4. The second-order valence-electron chi connectivity index (χ2n) is 32.2. The van der Waals surface area contributed by atoms with Crippen molar-refractivity contribution in [3.05, 3.63) is 380 Å². The minimum absolute atomic E-state index is 0.000532. The molecule has 13 aromatic carbocycles. The fourth-order valence-electron chi connectivity index (χ4n) is 14.9. The first-order chi connectivity index (χ1) is 67.9. The van der Waals surface area contributed by atoms with Crippen molar-refractivity contribution >= 4 is 112 Å². The Morgan fingerprint density at radius 3 is 1.15 bits per heavy atom. The Hall–Kier alpha value is -20.0.